The minimum Gasteiger partial charge on any atom is -0.334 e. The fourth-order valence-corrected chi connectivity index (χ4v) is 2.54. The van der Waals surface area contributed by atoms with Gasteiger partial charge < -0.3 is 9.84 Å². The van der Waals surface area contributed by atoms with Gasteiger partial charge in [-0.05, 0) is 38.8 Å². The van der Waals surface area contributed by atoms with Gasteiger partial charge in [-0.2, -0.15) is 15.2 Å². The van der Waals surface area contributed by atoms with Crippen molar-refractivity contribution in [1.82, 2.24) is 25.7 Å². The lowest BCUT2D eigenvalue weighted by Gasteiger charge is -2.19. The molecule has 0 spiro atoms. The van der Waals surface area contributed by atoms with E-state index in [2.05, 4.69) is 25.7 Å². The third kappa shape index (κ3) is 2.56. The van der Waals surface area contributed by atoms with E-state index in [4.69, 9.17) is 4.52 Å². The van der Waals surface area contributed by atoms with Crippen LogP contribution in [0.25, 0.3) is 11.5 Å². The van der Waals surface area contributed by atoms with E-state index < -0.39 is 0 Å². The van der Waals surface area contributed by atoms with Crippen molar-refractivity contribution in [2.75, 3.05) is 13.1 Å². The molecule has 6 nitrogen and oxygen atoms in total. The van der Waals surface area contributed by atoms with E-state index >= 15 is 0 Å². The molecule has 20 heavy (non-hydrogen) atoms. The second kappa shape index (κ2) is 5.66. The molecule has 106 valence electrons. The first-order valence-electron chi connectivity index (χ1n) is 7.16. The molecule has 1 unspecified atom stereocenters. The van der Waals surface area contributed by atoms with Crippen molar-refractivity contribution < 1.29 is 4.52 Å². The van der Waals surface area contributed by atoms with Gasteiger partial charge in [0.25, 0.3) is 5.89 Å². The quantitative estimate of drug-likeness (QED) is 0.920. The second-order valence-electron chi connectivity index (χ2n) is 5.20. The first kappa shape index (κ1) is 13.2. The zero-order valence-electron chi connectivity index (χ0n) is 11.9. The molecule has 3 rings (SSSR count). The van der Waals surface area contributed by atoms with Crippen LogP contribution in [0.3, 0.4) is 0 Å². The molecule has 1 N–H and O–H groups in total. The molecule has 1 atom stereocenters. The smallest absolute Gasteiger partial charge is 0.259 e. The van der Waals surface area contributed by atoms with Crippen molar-refractivity contribution in [2.45, 2.75) is 39.0 Å². The molecule has 0 radical (unpaired) electrons. The van der Waals surface area contributed by atoms with Crippen LogP contribution in [-0.2, 0) is 6.42 Å². The second-order valence-corrected chi connectivity index (χ2v) is 5.20. The summed E-state index contributed by atoms with van der Waals surface area (Å²) in [5.41, 5.74) is 2.66. The van der Waals surface area contributed by atoms with Crippen LogP contribution >= 0.6 is 0 Å². The molecular weight excluding hydrogens is 254 g/mol. The Morgan fingerprint density at radius 1 is 1.40 bits per heavy atom. The topological polar surface area (TPSA) is 76.7 Å². The predicted molar refractivity (Wildman–Crippen MR) is 74.3 cm³/mol. The van der Waals surface area contributed by atoms with Crippen LogP contribution in [0, 0.1) is 6.92 Å². The van der Waals surface area contributed by atoms with Gasteiger partial charge in [0.15, 0.2) is 5.82 Å². The first-order valence-corrected chi connectivity index (χ1v) is 7.16. The zero-order chi connectivity index (χ0) is 13.9. The highest BCUT2D eigenvalue weighted by molar-refractivity contribution is 5.56. The van der Waals surface area contributed by atoms with Gasteiger partial charge in [0.2, 0.25) is 0 Å². The van der Waals surface area contributed by atoms with E-state index in [1.54, 1.807) is 0 Å². The third-order valence-corrected chi connectivity index (χ3v) is 3.66. The Bertz CT molecular complexity index is 589. The predicted octanol–water partition coefficient (Wildman–Crippen LogP) is 1.86. The molecule has 1 saturated heterocycles. The Kier molecular flexibility index (Phi) is 3.73. The minimum absolute atomic E-state index is 0.349. The number of hydrogen-bond acceptors (Lipinski definition) is 6. The number of hydrogen-bond donors (Lipinski definition) is 1. The van der Waals surface area contributed by atoms with Gasteiger partial charge >= 0.3 is 0 Å². The number of piperidine rings is 1. The van der Waals surface area contributed by atoms with E-state index in [0.717, 1.165) is 55.1 Å². The molecule has 2 aromatic heterocycles. The van der Waals surface area contributed by atoms with Crippen molar-refractivity contribution in [2.24, 2.45) is 0 Å². The number of nitrogens with zero attached hydrogens (tertiary/aromatic N) is 4. The van der Waals surface area contributed by atoms with Crippen LogP contribution < -0.4 is 5.32 Å². The summed E-state index contributed by atoms with van der Waals surface area (Å²) in [4.78, 5) is 4.57. The largest absolute Gasteiger partial charge is 0.334 e. The van der Waals surface area contributed by atoms with Crippen LogP contribution in [0.4, 0.5) is 0 Å². The third-order valence-electron chi connectivity index (χ3n) is 3.66. The SMILES string of the molecule is CCc1nnc(C)cc1-c1nc(C2CCCNC2)no1. The maximum absolute atomic E-state index is 5.44. The van der Waals surface area contributed by atoms with E-state index in [-0.39, 0.29) is 0 Å². The molecule has 1 fully saturated rings. The van der Waals surface area contributed by atoms with E-state index in [1.807, 2.05) is 19.9 Å². The highest BCUT2D eigenvalue weighted by atomic mass is 16.5. The van der Waals surface area contributed by atoms with Crippen molar-refractivity contribution >= 4 is 0 Å². The van der Waals surface area contributed by atoms with Crippen molar-refractivity contribution in [1.29, 1.82) is 0 Å². The summed E-state index contributed by atoms with van der Waals surface area (Å²) in [5.74, 6) is 1.70. The van der Waals surface area contributed by atoms with Gasteiger partial charge in [-0.25, -0.2) is 0 Å². The summed E-state index contributed by atoms with van der Waals surface area (Å²) in [7, 11) is 0. The van der Waals surface area contributed by atoms with Crippen LogP contribution in [0.15, 0.2) is 10.6 Å². The van der Waals surface area contributed by atoms with E-state index in [0.29, 0.717) is 11.8 Å². The molecule has 2 aromatic rings. The average molecular weight is 273 g/mol. The summed E-state index contributed by atoms with van der Waals surface area (Å²) in [5, 5.41) is 15.8. The molecule has 6 heteroatoms. The average Bonchev–Trinajstić information content (AvgIpc) is 2.98. The fraction of sp³-hybridized carbons (Fsp3) is 0.571. The molecule has 0 aromatic carbocycles. The Balaban J connectivity index is 1.91. The number of aryl methyl sites for hydroxylation is 2. The Hall–Kier alpha value is -1.82. The summed E-state index contributed by atoms with van der Waals surface area (Å²) < 4.78 is 5.44. The van der Waals surface area contributed by atoms with Crippen LogP contribution in [0.1, 0.15) is 42.9 Å². The van der Waals surface area contributed by atoms with Crippen molar-refractivity contribution in [3.63, 3.8) is 0 Å². The molecule has 0 bridgehead atoms. The molecule has 0 amide bonds. The van der Waals surface area contributed by atoms with Crippen LogP contribution in [0.2, 0.25) is 0 Å². The van der Waals surface area contributed by atoms with Gasteiger partial charge in [0.05, 0.1) is 17.0 Å². The molecule has 1 aliphatic heterocycles. The lowest BCUT2D eigenvalue weighted by atomic mass is 9.99. The van der Waals surface area contributed by atoms with Gasteiger partial charge in [0, 0.05) is 12.5 Å². The van der Waals surface area contributed by atoms with E-state index in [9.17, 15) is 0 Å². The Morgan fingerprint density at radius 2 is 2.30 bits per heavy atom. The summed E-state index contributed by atoms with van der Waals surface area (Å²) in [6, 6.07) is 1.96. The zero-order valence-corrected chi connectivity index (χ0v) is 11.9. The van der Waals surface area contributed by atoms with Crippen LogP contribution in [0.5, 0.6) is 0 Å². The van der Waals surface area contributed by atoms with Gasteiger partial charge in [0.1, 0.15) is 0 Å². The summed E-state index contributed by atoms with van der Waals surface area (Å²) in [6.45, 7) is 5.96. The normalized spacial score (nSPS) is 19.2. The highest BCUT2D eigenvalue weighted by Gasteiger charge is 2.22. The van der Waals surface area contributed by atoms with Gasteiger partial charge in [-0.1, -0.05) is 12.1 Å². The monoisotopic (exact) mass is 273 g/mol. The molecule has 0 aliphatic carbocycles. The molecule has 1 aliphatic rings. The maximum atomic E-state index is 5.44. The van der Waals surface area contributed by atoms with E-state index in [1.165, 1.54) is 0 Å². The minimum atomic E-state index is 0.349. The lowest BCUT2D eigenvalue weighted by molar-refractivity contribution is 0.393. The molecule has 0 saturated carbocycles. The molecule has 3 heterocycles. The number of rotatable bonds is 3. The fourth-order valence-electron chi connectivity index (χ4n) is 2.54. The maximum Gasteiger partial charge on any atom is 0.259 e. The standard InChI is InChI=1S/C14H19N5O/c1-3-12-11(7-9(2)17-18-12)14-16-13(19-20-14)10-5-4-6-15-8-10/h7,10,15H,3-6,8H2,1-2H3. The van der Waals surface area contributed by atoms with Gasteiger partial charge in [-0.3, -0.25) is 0 Å². The lowest BCUT2D eigenvalue weighted by Crippen LogP contribution is -2.28. The van der Waals surface area contributed by atoms with Crippen molar-refractivity contribution in [3.8, 4) is 11.5 Å². The number of aromatic nitrogens is 4. The van der Waals surface area contributed by atoms with Gasteiger partial charge in [-0.15, -0.1) is 0 Å². The Morgan fingerprint density at radius 3 is 3.05 bits per heavy atom. The van der Waals surface area contributed by atoms with Crippen LogP contribution in [-0.4, -0.2) is 33.4 Å². The van der Waals surface area contributed by atoms with Crippen molar-refractivity contribution in [3.05, 3.63) is 23.3 Å². The summed E-state index contributed by atoms with van der Waals surface area (Å²) in [6.07, 6.45) is 3.07. The summed E-state index contributed by atoms with van der Waals surface area (Å²) >= 11 is 0. The highest BCUT2D eigenvalue weighted by Crippen LogP contribution is 2.26. The Labute approximate surface area is 118 Å². The number of nitrogens with one attached hydrogen (secondary N) is 1. The molecular formula is C14H19N5O. The first-order chi connectivity index (χ1) is 9.78.